The van der Waals surface area contributed by atoms with Crippen molar-refractivity contribution in [1.29, 1.82) is 0 Å². The molecule has 1 atom stereocenters. The summed E-state index contributed by atoms with van der Waals surface area (Å²) in [6.07, 6.45) is 1.72. The van der Waals surface area contributed by atoms with Crippen LogP contribution in [0, 0.1) is 0 Å². The van der Waals surface area contributed by atoms with E-state index < -0.39 is 6.10 Å². The van der Waals surface area contributed by atoms with Crippen molar-refractivity contribution in [2.75, 3.05) is 44.4 Å². The van der Waals surface area contributed by atoms with E-state index in [0.29, 0.717) is 26.3 Å². The second kappa shape index (κ2) is 10.0. The number of nitrogens with one attached hydrogen (secondary N) is 1. The first-order valence-corrected chi connectivity index (χ1v) is 8.98. The van der Waals surface area contributed by atoms with Gasteiger partial charge in [-0.2, -0.15) is 0 Å². The van der Waals surface area contributed by atoms with Crippen molar-refractivity contribution < 1.29 is 14.3 Å². The van der Waals surface area contributed by atoms with Crippen molar-refractivity contribution in [1.82, 2.24) is 5.32 Å². The summed E-state index contributed by atoms with van der Waals surface area (Å²) in [5.74, 6) is -0.0191. The van der Waals surface area contributed by atoms with Crippen LogP contribution in [0.5, 0.6) is 0 Å². The first-order valence-electron chi connectivity index (χ1n) is 8.19. The lowest BCUT2D eigenvalue weighted by molar-refractivity contribution is -0.131. The molecule has 6 heteroatoms. The van der Waals surface area contributed by atoms with Crippen molar-refractivity contribution in [3.8, 4) is 0 Å². The highest BCUT2D eigenvalue weighted by atomic mass is 79.9. The molecule has 0 aliphatic carbocycles. The van der Waals surface area contributed by atoms with Gasteiger partial charge in [0, 0.05) is 36.4 Å². The average Bonchev–Trinajstić information content (AvgIpc) is 2.58. The minimum absolute atomic E-state index is 0.0191. The lowest BCUT2D eigenvalue weighted by Crippen LogP contribution is -2.50. The summed E-state index contributed by atoms with van der Waals surface area (Å²) in [6, 6.07) is 7.76. The molecule has 1 aromatic rings. The van der Waals surface area contributed by atoms with E-state index >= 15 is 0 Å². The summed E-state index contributed by atoms with van der Waals surface area (Å²) in [6.45, 7) is 5.83. The van der Waals surface area contributed by atoms with Gasteiger partial charge in [-0.1, -0.05) is 35.3 Å². The smallest absolute Gasteiger partial charge is 0.257 e. The van der Waals surface area contributed by atoms with E-state index in [9.17, 15) is 4.79 Å². The van der Waals surface area contributed by atoms with Crippen molar-refractivity contribution in [3.63, 3.8) is 0 Å². The lowest BCUT2D eigenvalue weighted by Gasteiger charge is -2.30. The zero-order valence-electron chi connectivity index (χ0n) is 13.6. The van der Waals surface area contributed by atoms with Gasteiger partial charge in [-0.05, 0) is 24.6 Å². The van der Waals surface area contributed by atoms with Crippen LogP contribution < -0.4 is 10.2 Å². The number of hydrogen-bond acceptors (Lipinski definition) is 4. The van der Waals surface area contributed by atoms with Crippen LogP contribution in [0.15, 0.2) is 28.7 Å². The van der Waals surface area contributed by atoms with E-state index in [-0.39, 0.29) is 5.91 Å². The van der Waals surface area contributed by atoms with E-state index in [1.807, 2.05) is 24.3 Å². The van der Waals surface area contributed by atoms with Crippen LogP contribution in [0.2, 0.25) is 0 Å². The summed E-state index contributed by atoms with van der Waals surface area (Å²) in [7, 11) is 0. The zero-order chi connectivity index (χ0) is 16.5. The number of carbonyl (C=O) groups is 1. The Hall–Kier alpha value is -0.950. The number of unbranched alkanes of at least 4 members (excludes halogenated alkanes) is 1. The topological polar surface area (TPSA) is 50.8 Å². The minimum Gasteiger partial charge on any atom is -0.380 e. The molecule has 1 heterocycles. The van der Waals surface area contributed by atoms with Crippen LogP contribution in [0.3, 0.4) is 0 Å². The Morgan fingerprint density at radius 1 is 1.48 bits per heavy atom. The molecule has 0 bridgehead atoms. The molecule has 0 saturated carbocycles. The van der Waals surface area contributed by atoms with Gasteiger partial charge in [-0.25, -0.2) is 0 Å². The van der Waals surface area contributed by atoms with Crippen LogP contribution in [0.1, 0.15) is 19.8 Å². The molecule has 1 fully saturated rings. The van der Waals surface area contributed by atoms with Gasteiger partial charge < -0.3 is 19.7 Å². The number of anilines is 1. The molecule has 1 aromatic carbocycles. The number of morpholine rings is 1. The minimum atomic E-state index is -0.432. The van der Waals surface area contributed by atoms with Gasteiger partial charge in [0.2, 0.25) is 0 Å². The van der Waals surface area contributed by atoms with Crippen molar-refractivity contribution in [2.24, 2.45) is 0 Å². The predicted octanol–water partition coefficient (Wildman–Crippen LogP) is 2.59. The molecule has 1 aliphatic rings. The maximum absolute atomic E-state index is 12.8. The van der Waals surface area contributed by atoms with Crippen LogP contribution in [-0.4, -0.2) is 51.5 Å². The van der Waals surface area contributed by atoms with E-state index in [1.54, 1.807) is 4.90 Å². The summed E-state index contributed by atoms with van der Waals surface area (Å²) in [5.41, 5.74) is 0.859. The molecule has 0 radical (unpaired) electrons. The highest BCUT2D eigenvalue weighted by Gasteiger charge is 2.27. The van der Waals surface area contributed by atoms with E-state index in [2.05, 4.69) is 28.2 Å². The van der Waals surface area contributed by atoms with Gasteiger partial charge in [0.1, 0.15) is 6.10 Å². The van der Waals surface area contributed by atoms with Gasteiger partial charge in [0.05, 0.1) is 13.2 Å². The lowest BCUT2D eigenvalue weighted by atomic mass is 10.2. The van der Waals surface area contributed by atoms with Gasteiger partial charge >= 0.3 is 0 Å². The largest absolute Gasteiger partial charge is 0.380 e. The Labute approximate surface area is 146 Å². The predicted molar refractivity (Wildman–Crippen MR) is 94.8 cm³/mol. The molecule has 0 aromatic heterocycles. The fourth-order valence-corrected chi connectivity index (χ4v) is 2.80. The first kappa shape index (κ1) is 18.4. The molecule has 128 valence electrons. The number of rotatable bonds is 8. The van der Waals surface area contributed by atoms with E-state index in [1.165, 1.54) is 0 Å². The number of amides is 1. The van der Waals surface area contributed by atoms with Crippen LogP contribution in [0.4, 0.5) is 5.69 Å². The molecule has 1 N–H and O–H groups in total. The molecule has 1 unspecified atom stereocenters. The normalized spacial score (nSPS) is 17.9. The maximum Gasteiger partial charge on any atom is 0.257 e. The maximum atomic E-state index is 12.8. The molecule has 2 rings (SSSR count). The van der Waals surface area contributed by atoms with Crippen molar-refractivity contribution >= 4 is 27.5 Å². The van der Waals surface area contributed by atoms with Crippen LogP contribution in [-0.2, 0) is 14.3 Å². The number of benzene rings is 1. The van der Waals surface area contributed by atoms with Gasteiger partial charge in [0.25, 0.3) is 5.91 Å². The van der Waals surface area contributed by atoms with E-state index in [0.717, 1.165) is 36.2 Å². The Bertz CT molecular complexity index is 492. The second-order valence-electron chi connectivity index (χ2n) is 5.50. The standard InChI is InChI=1S/C17H25BrN2O3/c1-2-3-9-22-11-8-20(15-6-4-5-14(18)12-15)17(21)16-13-19-7-10-23-16/h4-6,12,16,19H,2-3,7-11,13H2,1H3. The number of hydrogen-bond donors (Lipinski definition) is 1. The molecular formula is C17H25BrN2O3. The van der Waals surface area contributed by atoms with E-state index in [4.69, 9.17) is 9.47 Å². The number of nitrogens with zero attached hydrogens (tertiary/aromatic N) is 1. The third kappa shape index (κ3) is 5.88. The SMILES string of the molecule is CCCCOCCN(C(=O)C1CNCCO1)c1cccc(Br)c1. The summed E-state index contributed by atoms with van der Waals surface area (Å²) >= 11 is 3.47. The summed E-state index contributed by atoms with van der Waals surface area (Å²) < 4.78 is 12.2. The van der Waals surface area contributed by atoms with Crippen molar-refractivity contribution in [2.45, 2.75) is 25.9 Å². The monoisotopic (exact) mass is 384 g/mol. The third-order valence-electron chi connectivity index (χ3n) is 3.69. The van der Waals surface area contributed by atoms with Gasteiger partial charge in [-0.15, -0.1) is 0 Å². The Kier molecular flexibility index (Phi) is 8.02. The van der Waals surface area contributed by atoms with Gasteiger partial charge in [-0.3, -0.25) is 4.79 Å². The molecule has 23 heavy (non-hydrogen) atoms. The highest BCUT2D eigenvalue weighted by molar-refractivity contribution is 9.10. The summed E-state index contributed by atoms with van der Waals surface area (Å²) in [4.78, 5) is 14.6. The Morgan fingerprint density at radius 3 is 3.04 bits per heavy atom. The quantitative estimate of drug-likeness (QED) is 0.699. The zero-order valence-corrected chi connectivity index (χ0v) is 15.2. The van der Waals surface area contributed by atoms with Crippen LogP contribution in [0.25, 0.3) is 0 Å². The Balaban J connectivity index is 2.02. The molecular weight excluding hydrogens is 360 g/mol. The summed E-state index contributed by atoms with van der Waals surface area (Å²) in [5, 5.41) is 3.20. The average molecular weight is 385 g/mol. The first-order chi connectivity index (χ1) is 11.2. The highest BCUT2D eigenvalue weighted by Crippen LogP contribution is 2.21. The number of carbonyl (C=O) groups excluding carboxylic acids is 1. The van der Waals surface area contributed by atoms with Crippen LogP contribution >= 0.6 is 15.9 Å². The fraction of sp³-hybridized carbons (Fsp3) is 0.588. The number of halogens is 1. The molecule has 1 saturated heterocycles. The third-order valence-corrected chi connectivity index (χ3v) is 4.18. The molecule has 0 spiro atoms. The Morgan fingerprint density at radius 2 is 2.35 bits per heavy atom. The molecule has 1 amide bonds. The van der Waals surface area contributed by atoms with Crippen molar-refractivity contribution in [3.05, 3.63) is 28.7 Å². The second-order valence-corrected chi connectivity index (χ2v) is 6.41. The number of ether oxygens (including phenoxy) is 2. The fourth-order valence-electron chi connectivity index (χ4n) is 2.41. The molecule has 5 nitrogen and oxygen atoms in total. The molecule has 1 aliphatic heterocycles. The van der Waals surface area contributed by atoms with Gasteiger partial charge in [0.15, 0.2) is 0 Å².